The monoisotopic (exact) mass is 261 g/mol. The van der Waals surface area contributed by atoms with Gasteiger partial charge in [0, 0.05) is 17.8 Å². The second kappa shape index (κ2) is 6.44. The topological polar surface area (TPSA) is 29.1 Å². The maximum atomic E-state index is 11.6. The second-order valence-electron chi connectivity index (χ2n) is 4.30. The predicted octanol–water partition coefficient (Wildman–Crippen LogP) is 2.86. The summed E-state index contributed by atoms with van der Waals surface area (Å²) in [5.74, 6) is 0.900. The Kier molecular flexibility index (Phi) is 5.53. The first-order valence-corrected chi connectivity index (χ1v) is 6.70. The highest BCUT2D eigenvalue weighted by atomic mass is 79.9. The molecule has 82 valence electrons. The van der Waals surface area contributed by atoms with Gasteiger partial charge >= 0.3 is 0 Å². The van der Waals surface area contributed by atoms with E-state index >= 15 is 0 Å². The lowest BCUT2D eigenvalue weighted by Crippen LogP contribution is -2.33. The van der Waals surface area contributed by atoms with Crippen molar-refractivity contribution in [2.45, 2.75) is 51.5 Å². The zero-order valence-electron chi connectivity index (χ0n) is 8.89. The van der Waals surface area contributed by atoms with Gasteiger partial charge in [0.15, 0.2) is 0 Å². The lowest BCUT2D eigenvalue weighted by atomic mass is 10.0. The molecule has 0 spiro atoms. The third kappa shape index (κ3) is 4.45. The van der Waals surface area contributed by atoms with Crippen molar-refractivity contribution in [3.05, 3.63) is 0 Å². The molecule has 1 fully saturated rings. The zero-order chi connectivity index (χ0) is 10.4. The van der Waals surface area contributed by atoms with Gasteiger partial charge in [-0.05, 0) is 32.1 Å². The minimum Gasteiger partial charge on any atom is -0.354 e. The van der Waals surface area contributed by atoms with E-state index in [2.05, 4.69) is 28.2 Å². The van der Waals surface area contributed by atoms with Crippen LogP contribution in [-0.4, -0.2) is 17.3 Å². The molecule has 2 nitrogen and oxygen atoms in total. The van der Waals surface area contributed by atoms with Gasteiger partial charge in [-0.1, -0.05) is 28.8 Å². The zero-order valence-corrected chi connectivity index (χ0v) is 10.5. The minimum absolute atomic E-state index is 0.241. The normalized spacial score (nSPS) is 19.6. The third-order valence-corrected chi connectivity index (χ3v) is 3.36. The Morgan fingerprint density at radius 1 is 1.50 bits per heavy atom. The van der Waals surface area contributed by atoms with Gasteiger partial charge in [0.25, 0.3) is 0 Å². The molecule has 14 heavy (non-hydrogen) atoms. The van der Waals surface area contributed by atoms with Crippen LogP contribution in [0.1, 0.15) is 45.4 Å². The predicted molar refractivity (Wildman–Crippen MR) is 62.6 cm³/mol. The fraction of sp³-hybridized carbons (Fsp3) is 0.909. The smallest absolute Gasteiger partial charge is 0.220 e. The highest BCUT2D eigenvalue weighted by Crippen LogP contribution is 2.27. The van der Waals surface area contributed by atoms with Gasteiger partial charge in [-0.2, -0.15) is 0 Å². The number of alkyl halides is 1. The first-order valence-electron chi connectivity index (χ1n) is 5.57. The second-order valence-corrected chi connectivity index (χ2v) is 5.09. The molecule has 1 rings (SSSR count). The molecule has 0 aromatic heterocycles. The van der Waals surface area contributed by atoms with Crippen molar-refractivity contribution in [1.29, 1.82) is 0 Å². The van der Waals surface area contributed by atoms with Crippen molar-refractivity contribution in [1.82, 2.24) is 5.32 Å². The molecule has 3 heteroatoms. The van der Waals surface area contributed by atoms with Gasteiger partial charge in [0.1, 0.15) is 0 Å². The number of rotatable bonds is 5. The van der Waals surface area contributed by atoms with E-state index in [0.717, 1.165) is 18.2 Å². The lowest BCUT2D eigenvalue weighted by Gasteiger charge is -2.14. The standard InChI is InChI=1S/C11H20BrNO/c1-9(6-7-12)13-11(14)8-10-4-2-3-5-10/h9-10H,2-8H2,1H3,(H,13,14). The van der Waals surface area contributed by atoms with Crippen LogP contribution in [0.3, 0.4) is 0 Å². The van der Waals surface area contributed by atoms with Crippen LogP contribution in [0.5, 0.6) is 0 Å². The summed E-state index contributed by atoms with van der Waals surface area (Å²) in [5, 5.41) is 3.99. The van der Waals surface area contributed by atoms with E-state index < -0.39 is 0 Å². The van der Waals surface area contributed by atoms with E-state index in [9.17, 15) is 4.79 Å². The van der Waals surface area contributed by atoms with E-state index in [1.54, 1.807) is 0 Å². The van der Waals surface area contributed by atoms with Crippen molar-refractivity contribution in [2.75, 3.05) is 5.33 Å². The van der Waals surface area contributed by atoms with Crippen molar-refractivity contribution < 1.29 is 4.79 Å². The largest absolute Gasteiger partial charge is 0.354 e. The van der Waals surface area contributed by atoms with E-state index in [4.69, 9.17) is 0 Å². The molecule has 1 aliphatic rings. The van der Waals surface area contributed by atoms with Crippen LogP contribution in [0.15, 0.2) is 0 Å². The third-order valence-electron chi connectivity index (χ3n) is 2.90. The number of halogens is 1. The maximum absolute atomic E-state index is 11.6. The molecule has 0 saturated heterocycles. The first kappa shape index (κ1) is 12.0. The molecule has 0 aromatic carbocycles. The number of carbonyl (C=O) groups is 1. The fourth-order valence-electron chi connectivity index (χ4n) is 2.05. The molecule has 0 radical (unpaired) electrons. The molecule has 1 unspecified atom stereocenters. The number of hydrogen-bond donors (Lipinski definition) is 1. The summed E-state index contributed by atoms with van der Waals surface area (Å²) in [6.45, 7) is 2.06. The van der Waals surface area contributed by atoms with Crippen LogP contribution < -0.4 is 5.32 Å². The minimum atomic E-state index is 0.241. The lowest BCUT2D eigenvalue weighted by molar-refractivity contribution is -0.122. The number of amides is 1. The molecule has 1 saturated carbocycles. The first-order chi connectivity index (χ1) is 6.72. The number of nitrogens with one attached hydrogen (secondary N) is 1. The molecule has 1 N–H and O–H groups in total. The fourth-order valence-corrected chi connectivity index (χ4v) is 2.73. The molecular formula is C11H20BrNO. The van der Waals surface area contributed by atoms with E-state index in [-0.39, 0.29) is 5.91 Å². The molecule has 1 atom stereocenters. The van der Waals surface area contributed by atoms with Gasteiger partial charge in [-0.25, -0.2) is 0 Å². The van der Waals surface area contributed by atoms with Crippen molar-refractivity contribution in [2.24, 2.45) is 5.92 Å². The van der Waals surface area contributed by atoms with Crippen LogP contribution in [0.25, 0.3) is 0 Å². The van der Waals surface area contributed by atoms with Gasteiger partial charge in [-0.15, -0.1) is 0 Å². The molecule has 0 heterocycles. The van der Waals surface area contributed by atoms with Crippen LogP contribution >= 0.6 is 15.9 Å². The summed E-state index contributed by atoms with van der Waals surface area (Å²) in [6, 6.07) is 0.309. The summed E-state index contributed by atoms with van der Waals surface area (Å²) in [7, 11) is 0. The summed E-state index contributed by atoms with van der Waals surface area (Å²) in [5.41, 5.74) is 0. The van der Waals surface area contributed by atoms with Crippen molar-refractivity contribution >= 4 is 21.8 Å². The molecule has 0 bridgehead atoms. The number of carbonyl (C=O) groups excluding carboxylic acids is 1. The molecule has 0 aromatic rings. The Hall–Kier alpha value is -0.0500. The van der Waals surface area contributed by atoms with Crippen molar-refractivity contribution in [3.63, 3.8) is 0 Å². The maximum Gasteiger partial charge on any atom is 0.220 e. The molecule has 0 aliphatic heterocycles. The summed E-state index contributed by atoms with van der Waals surface area (Å²) in [4.78, 5) is 11.6. The highest BCUT2D eigenvalue weighted by molar-refractivity contribution is 9.09. The van der Waals surface area contributed by atoms with E-state index in [0.29, 0.717) is 12.0 Å². The van der Waals surface area contributed by atoms with Crippen molar-refractivity contribution in [3.8, 4) is 0 Å². The summed E-state index contributed by atoms with van der Waals surface area (Å²) < 4.78 is 0. The Bertz CT molecular complexity index is 178. The Labute approximate surface area is 95.0 Å². The Balaban J connectivity index is 2.14. The van der Waals surface area contributed by atoms with Gasteiger partial charge in [0.2, 0.25) is 5.91 Å². The van der Waals surface area contributed by atoms with Gasteiger partial charge < -0.3 is 5.32 Å². The average molecular weight is 262 g/mol. The van der Waals surface area contributed by atoms with Gasteiger partial charge in [-0.3, -0.25) is 4.79 Å². The van der Waals surface area contributed by atoms with Gasteiger partial charge in [0.05, 0.1) is 0 Å². The van der Waals surface area contributed by atoms with E-state index in [1.165, 1.54) is 25.7 Å². The van der Waals surface area contributed by atoms with Crippen LogP contribution in [0, 0.1) is 5.92 Å². The Morgan fingerprint density at radius 2 is 2.14 bits per heavy atom. The summed E-state index contributed by atoms with van der Waals surface area (Å²) in [6.07, 6.45) is 6.88. The Morgan fingerprint density at radius 3 is 2.71 bits per heavy atom. The quantitative estimate of drug-likeness (QED) is 0.758. The number of hydrogen-bond acceptors (Lipinski definition) is 1. The summed E-state index contributed by atoms with van der Waals surface area (Å²) >= 11 is 3.38. The molecule has 1 aliphatic carbocycles. The molecule has 1 amide bonds. The van der Waals surface area contributed by atoms with E-state index in [1.807, 2.05) is 0 Å². The highest BCUT2D eigenvalue weighted by Gasteiger charge is 2.18. The van der Waals surface area contributed by atoms with Crippen LogP contribution in [-0.2, 0) is 4.79 Å². The SMILES string of the molecule is CC(CCBr)NC(=O)CC1CCCC1. The van der Waals surface area contributed by atoms with Crippen LogP contribution in [0.4, 0.5) is 0 Å². The van der Waals surface area contributed by atoms with Crippen LogP contribution in [0.2, 0.25) is 0 Å². The molecular weight excluding hydrogens is 242 g/mol. The average Bonchev–Trinajstić information content (AvgIpc) is 2.56.